The van der Waals surface area contributed by atoms with Crippen LogP contribution in [0, 0.1) is 0 Å². The van der Waals surface area contributed by atoms with E-state index in [9.17, 15) is 12.6 Å². The molecule has 0 spiro atoms. The molecule has 0 saturated carbocycles. The molecule has 0 bridgehead atoms. The molecule has 142 valence electrons. The van der Waals surface area contributed by atoms with Crippen LogP contribution in [0.2, 0.25) is 0 Å². The number of furan rings is 1. The number of aromatic nitrogens is 1. The molecule has 0 saturated heterocycles. The average Bonchev–Trinajstić information content (AvgIpc) is 3.14. The molecule has 0 amide bonds. The van der Waals surface area contributed by atoms with E-state index in [-0.39, 0.29) is 10.8 Å². The van der Waals surface area contributed by atoms with E-state index in [4.69, 9.17) is 4.42 Å². The summed E-state index contributed by atoms with van der Waals surface area (Å²) in [5.74, 6) is 0.251. The maximum absolute atomic E-state index is 12.7. The summed E-state index contributed by atoms with van der Waals surface area (Å²) >= 11 is 0. The second kappa shape index (κ2) is 7.57. The molecule has 1 atom stereocenters. The lowest BCUT2D eigenvalue weighted by Gasteiger charge is -2.08. The highest BCUT2D eigenvalue weighted by atomic mass is 32.2. The van der Waals surface area contributed by atoms with Crippen molar-refractivity contribution in [2.45, 2.75) is 15.7 Å². The molecule has 6 nitrogen and oxygen atoms in total. The van der Waals surface area contributed by atoms with Gasteiger partial charge in [-0.3, -0.25) is 13.9 Å². The van der Waals surface area contributed by atoms with Crippen LogP contribution in [0.3, 0.4) is 0 Å². The van der Waals surface area contributed by atoms with Crippen molar-refractivity contribution in [2.75, 3.05) is 4.72 Å². The van der Waals surface area contributed by atoms with Gasteiger partial charge in [0.2, 0.25) is 5.09 Å². The zero-order valence-electron chi connectivity index (χ0n) is 14.6. The second-order valence-corrected chi connectivity index (χ2v) is 9.11. The first kappa shape index (κ1) is 18.4. The zero-order chi connectivity index (χ0) is 19.6. The molecule has 1 N–H and O–H groups in total. The van der Waals surface area contributed by atoms with Crippen molar-refractivity contribution in [3.63, 3.8) is 0 Å². The fourth-order valence-corrected chi connectivity index (χ4v) is 4.81. The predicted molar refractivity (Wildman–Crippen MR) is 108 cm³/mol. The minimum absolute atomic E-state index is 0.172. The van der Waals surface area contributed by atoms with Crippen LogP contribution in [-0.2, 0) is 26.6 Å². The Kier molecular flexibility index (Phi) is 4.97. The summed E-state index contributed by atoms with van der Waals surface area (Å²) in [5.41, 5.74) is 1.51. The minimum atomic E-state index is -3.90. The van der Waals surface area contributed by atoms with E-state index in [0.717, 1.165) is 0 Å². The van der Waals surface area contributed by atoms with E-state index in [1.54, 1.807) is 60.8 Å². The van der Waals surface area contributed by atoms with Gasteiger partial charge in [-0.25, -0.2) is 0 Å². The second-order valence-electron chi connectivity index (χ2n) is 6.05. The van der Waals surface area contributed by atoms with Gasteiger partial charge in [-0.2, -0.15) is 8.42 Å². The molecule has 4 aromatic rings. The molecule has 0 aliphatic rings. The maximum Gasteiger partial charge on any atom is 0.295 e. The van der Waals surface area contributed by atoms with Crippen molar-refractivity contribution >= 4 is 37.5 Å². The molecule has 2 aromatic carbocycles. The number of pyridine rings is 1. The summed E-state index contributed by atoms with van der Waals surface area (Å²) in [6.07, 6.45) is 1.64. The highest BCUT2D eigenvalue weighted by molar-refractivity contribution is 7.92. The van der Waals surface area contributed by atoms with E-state index in [0.29, 0.717) is 27.2 Å². The molecule has 0 radical (unpaired) electrons. The molecule has 28 heavy (non-hydrogen) atoms. The third kappa shape index (κ3) is 3.97. The molecule has 1 unspecified atom stereocenters. The maximum atomic E-state index is 12.7. The molecular formula is C20H16N2O4S2. The van der Waals surface area contributed by atoms with Crippen LogP contribution in [-0.4, -0.2) is 17.6 Å². The number of sulfonamides is 1. The van der Waals surface area contributed by atoms with E-state index in [1.165, 1.54) is 6.07 Å². The smallest absolute Gasteiger partial charge is 0.295 e. The van der Waals surface area contributed by atoms with Gasteiger partial charge in [0.15, 0.2) is 0 Å². The van der Waals surface area contributed by atoms with Crippen LogP contribution in [0.25, 0.3) is 11.0 Å². The largest absolute Gasteiger partial charge is 0.443 e. The number of rotatable bonds is 6. The number of hydrogen-bond acceptors (Lipinski definition) is 5. The van der Waals surface area contributed by atoms with Crippen molar-refractivity contribution in [3.8, 4) is 0 Å². The van der Waals surface area contributed by atoms with E-state index in [2.05, 4.69) is 9.71 Å². The van der Waals surface area contributed by atoms with E-state index >= 15 is 0 Å². The van der Waals surface area contributed by atoms with Gasteiger partial charge in [0.05, 0.1) is 27.9 Å². The summed E-state index contributed by atoms with van der Waals surface area (Å²) in [5, 5.41) is 0.529. The number of nitrogens with zero attached hydrogens (tertiary/aromatic N) is 1. The number of anilines is 1. The lowest BCUT2D eigenvalue weighted by Crippen LogP contribution is -2.12. The Morgan fingerprint density at radius 2 is 1.79 bits per heavy atom. The van der Waals surface area contributed by atoms with Crippen LogP contribution < -0.4 is 4.72 Å². The quantitative estimate of drug-likeness (QED) is 0.518. The number of fused-ring (bicyclic) bond motifs is 1. The van der Waals surface area contributed by atoms with Crippen LogP contribution in [0.1, 0.15) is 5.69 Å². The Morgan fingerprint density at radius 1 is 0.964 bits per heavy atom. The van der Waals surface area contributed by atoms with Gasteiger partial charge in [0, 0.05) is 22.5 Å². The topological polar surface area (TPSA) is 89.3 Å². The SMILES string of the molecule is O=S(Cc1ccccn1)c1cccc(NS(=O)(=O)c2cc3ccccc3o2)c1. The molecule has 2 aromatic heterocycles. The fraction of sp³-hybridized carbons (Fsp3) is 0.0500. The number of hydrogen-bond donors (Lipinski definition) is 1. The molecule has 2 heterocycles. The summed E-state index contributed by atoms with van der Waals surface area (Å²) in [7, 11) is -5.26. The number of benzene rings is 2. The fourth-order valence-electron chi connectivity index (χ4n) is 2.70. The summed E-state index contributed by atoms with van der Waals surface area (Å²) in [6, 6.07) is 20.5. The normalized spacial score (nSPS) is 12.7. The molecule has 0 aliphatic heterocycles. The first-order valence-corrected chi connectivity index (χ1v) is 11.2. The average molecular weight is 412 g/mol. The standard InChI is InChI=1S/C20H16N2O4S2/c23-27(14-17-7-3-4-11-21-17)18-9-5-8-16(13-18)22-28(24,25)20-12-15-6-1-2-10-19(15)26-20/h1-13,22H,14H2. The highest BCUT2D eigenvalue weighted by Crippen LogP contribution is 2.25. The van der Waals surface area contributed by atoms with Crippen LogP contribution in [0.4, 0.5) is 5.69 Å². The molecule has 0 aliphatic carbocycles. The van der Waals surface area contributed by atoms with Crippen molar-refractivity contribution in [2.24, 2.45) is 0 Å². The Balaban J connectivity index is 1.56. The lowest BCUT2D eigenvalue weighted by atomic mass is 10.3. The third-order valence-electron chi connectivity index (χ3n) is 4.02. The van der Waals surface area contributed by atoms with Crippen LogP contribution in [0.15, 0.2) is 93.4 Å². The molecular weight excluding hydrogens is 396 g/mol. The van der Waals surface area contributed by atoms with E-state index in [1.807, 2.05) is 12.1 Å². The third-order valence-corrected chi connectivity index (χ3v) is 6.60. The number of para-hydroxylation sites is 1. The predicted octanol–water partition coefficient (Wildman–Crippen LogP) is 3.94. The summed E-state index contributed by atoms with van der Waals surface area (Å²) < 4.78 is 45.8. The van der Waals surface area contributed by atoms with Gasteiger partial charge < -0.3 is 4.42 Å². The molecule has 8 heteroatoms. The Hall–Kier alpha value is -2.97. The highest BCUT2D eigenvalue weighted by Gasteiger charge is 2.20. The molecule has 0 fully saturated rings. The van der Waals surface area contributed by atoms with Gasteiger partial charge in [-0.15, -0.1) is 0 Å². The number of nitrogens with one attached hydrogen (secondary N) is 1. The minimum Gasteiger partial charge on any atom is -0.443 e. The lowest BCUT2D eigenvalue weighted by molar-refractivity contribution is 0.484. The van der Waals surface area contributed by atoms with Crippen molar-refractivity contribution in [1.29, 1.82) is 0 Å². The van der Waals surface area contributed by atoms with Crippen LogP contribution in [0.5, 0.6) is 0 Å². The van der Waals surface area contributed by atoms with Gasteiger partial charge in [-0.05, 0) is 36.4 Å². The zero-order valence-corrected chi connectivity index (χ0v) is 16.2. The monoisotopic (exact) mass is 412 g/mol. The van der Waals surface area contributed by atoms with Gasteiger partial charge in [0.1, 0.15) is 5.58 Å². The van der Waals surface area contributed by atoms with Gasteiger partial charge in [0.25, 0.3) is 10.0 Å². The van der Waals surface area contributed by atoms with Gasteiger partial charge >= 0.3 is 0 Å². The van der Waals surface area contributed by atoms with Crippen molar-refractivity contribution in [1.82, 2.24) is 4.98 Å². The Bertz CT molecular complexity index is 1220. The van der Waals surface area contributed by atoms with Crippen molar-refractivity contribution < 1.29 is 17.0 Å². The van der Waals surface area contributed by atoms with E-state index < -0.39 is 20.8 Å². The Morgan fingerprint density at radius 3 is 2.57 bits per heavy atom. The van der Waals surface area contributed by atoms with Crippen molar-refractivity contribution in [3.05, 3.63) is 84.7 Å². The first-order chi connectivity index (χ1) is 13.5. The first-order valence-electron chi connectivity index (χ1n) is 8.41. The summed E-state index contributed by atoms with van der Waals surface area (Å²) in [6.45, 7) is 0. The van der Waals surface area contributed by atoms with Gasteiger partial charge in [-0.1, -0.05) is 30.3 Å². The van der Waals surface area contributed by atoms with Crippen LogP contribution >= 0.6 is 0 Å². The molecule has 4 rings (SSSR count). The summed E-state index contributed by atoms with van der Waals surface area (Å²) in [4.78, 5) is 4.68. The Labute approximate surface area is 164 Å².